The molecule has 2 nitrogen and oxygen atoms in total. The predicted molar refractivity (Wildman–Crippen MR) is 61.8 cm³/mol. The van der Waals surface area contributed by atoms with Gasteiger partial charge in [-0.05, 0) is 18.6 Å². The van der Waals surface area contributed by atoms with Gasteiger partial charge in [0.05, 0.1) is 10.4 Å². The van der Waals surface area contributed by atoms with Gasteiger partial charge in [0, 0.05) is 4.90 Å². The number of thiazole rings is 1. The molecule has 0 aliphatic heterocycles. The average molecular weight is 222 g/mol. The third-order valence-electron chi connectivity index (χ3n) is 1.81. The Balaban J connectivity index is 2.23. The van der Waals surface area contributed by atoms with Crippen molar-refractivity contribution in [3.63, 3.8) is 0 Å². The van der Waals surface area contributed by atoms with Gasteiger partial charge in [-0.2, -0.15) is 0 Å². The Kier molecular flexibility index (Phi) is 2.74. The van der Waals surface area contributed by atoms with Crippen LogP contribution in [0.25, 0.3) is 0 Å². The van der Waals surface area contributed by atoms with Crippen molar-refractivity contribution in [2.45, 2.75) is 16.0 Å². The highest BCUT2D eigenvalue weighted by Gasteiger charge is 2.03. The van der Waals surface area contributed by atoms with Gasteiger partial charge in [0.15, 0.2) is 5.13 Å². The first kappa shape index (κ1) is 9.55. The predicted octanol–water partition coefficient (Wildman–Crippen LogP) is 3.18. The van der Waals surface area contributed by atoms with Crippen LogP contribution < -0.4 is 5.73 Å². The molecule has 1 heterocycles. The molecule has 1 aromatic heterocycles. The van der Waals surface area contributed by atoms with Gasteiger partial charge in [-0.25, -0.2) is 4.98 Å². The van der Waals surface area contributed by atoms with Gasteiger partial charge in [0.1, 0.15) is 0 Å². The summed E-state index contributed by atoms with van der Waals surface area (Å²) in [6, 6.07) is 8.29. The maximum Gasteiger partial charge on any atom is 0.181 e. The molecule has 2 aromatic rings. The van der Waals surface area contributed by atoms with Crippen LogP contribution in [0.5, 0.6) is 0 Å². The van der Waals surface area contributed by atoms with Crippen molar-refractivity contribution in [2.24, 2.45) is 0 Å². The molecule has 14 heavy (non-hydrogen) atoms. The second-order valence-electron chi connectivity index (χ2n) is 2.89. The normalized spacial score (nSPS) is 10.4. The van der Waals surface area contributed by atoms with Crippen LogP contribution in [0.3, 0.4) is 0 Å². The Hall–Kier alpha value is -1.00. The topological polar surface area (TPSA) is 38.9 Å². The molecule has 2 N–H and O–H groups in total. The second kappa shape index (κ2) is 4.02. The Morgan fingerprint density at radius 1 is 1.36 bits per heavy atom. The molecule has 0 fully saturated rings. The zero-order valence-electron chi connectivity index (χ0n) is 7.73. The molecule has 72 valence electrons. The highest BCUT2D eigenvalue weighted by molar-refractivity contribution is 8.01. The van der Waals surface area contributed by atoms with Gasteiger partial charge in [0.25, 0.3) is 0 Å². The monoisotopic (exact) mass is 222 g/mol. The summed E-state index contributed by atoms with van der Waals surface area (Å²) < 4.78 is 1.14. The molecule has 4 heteroatoms. The summed E-state index contributed by atoms with van der Waals surface area (Å²) in [6.45, 7) is 2.10. The second-order valence-corrected chi connectivity index (χ2v) is 5.29. The molecule has 0 amide bonds. The van der Waals surface area contributed by atoms with Crippen molar-refractivity contribution < 1.29 is 0 Å². The maximum atomic E-state index is 5.56. The van der Waals surface area contributed by atoms with Crippen molar-refractivity contribution in [1.82, 2.24) is 4.98 Å². The van der Waals surface area contributed by atoms with Crippen LogP contribution in [0.4, 0.5) is 5.13 Å². The van der Waals surface area contributed by atoms with Crippen molar-refractivity contribution in [2.75, 3.05) is 5.73 Å². The van der Waals surface area contributed by atoms with Crippen molar-refractivity contribution in [3.05, 3.63) is 36.0 Å². The molecular weight excluding hydrogens is 212 g/mol. The molecule has 0 saturated carbocycles. The van der Waals surface area contributed by atoms with Crippen LogP contribution in [-0.2, 0) is 0 Å². The lowest BCUT2D eigenvalue weighted by Gasteiger charge is -2.01. The lowest BCUT2D eigenvalue weighted by atomic mass is 10.2. The quantitative estimate of drug-likeness (QED) is 0.848. The summed E-state index contributed by atoms with van der Waals surface area (Å²) in [5.41, 5.74) is 6.85. The SMILES string of the molecule is Cc1ccccc1Sc1cnc(N)s1. The number of rotatable bonds is 2. The largest absolute Gasteiger partial charge is 0.375 e. The third-order valence-corrected chi connectivity index (χ3v) is 3.91. The zero-order valence-corrected chi connectivity index (χ0v) is 9.36. The summed E-state index contributed by atoms with van der Waals surface area (Å²) in [5.74, 6) is 0. The van der Waals surface area contributed by atoms with E-state index in [4.69, 9.17) is 5.73 Å². The van der Waals surface area contributed by atoms with Crippen molar-refractivity contribution in [3.8, 4) is 0 Å². The lowest BCUT2D eigenvalue weighted by Crippen LogP contribution is -1.77. The summed E-state index contributed by atoms with van der Waals surface area (Å²) in [7, 11) is 0. The molecule has 0 aliphatic rings. The van der Waals surface area contributed by atoms with E-state index in [9.17, 15) is 0 Å². The Morgan fingerprint density at radius 3 is 2.79 bits per heavy atom. The number of benzene rings is 1. The van der Waals surface area contributed by atoms with Crippen LogP contribution in [-0.4, -0.2) is 4.98 Å². The fourth-order valence-corrected chi connectivity index (χ4v) is 2.91. The van der Waals surface area contributed by atoms with E-state index >= 15 is 0 Å². The van der Waals surface area contributed by atoms with Crippen LogP contribution >= 0.6 is 23.1 Å². The van der Waals surface area contributed by atoms with E-state index in [0.717, 1.165) is 4.21 Å². The minimum Gasteiger partial charge on any atom is -0.375 e. The van der Waals surface area contributed by atoms with Crippen LogP contribution in [0, 0.1) is 6.92 Å². The standard InChI is InChI=1S/C10H10N2S2/c1-7-4-2-3-5-8(7)13-9-6-12-10(11)14-9/h2-6H,1H3,(H2,11,12). The summed E-state index contributed by atoms with van der Waals surface area (Å²) in [4.78, 5) is 5.28. The Labute approximate surface area is 91.2 Å². The molecule has 0 radical (unpaired) electrons. The molecule has 0 saturated heterocycles. The van der Waals surface area contributed by atoms with E-state index in [2.05, 4.69) is 24.0 Å². The first-order valence-electron chi connectivity index (χ1n) is 4.20. The number of nitrogen functional groups attached to an aromatic ring is 1. The number of nitrogens with two attached hydrogens (primary N) is 1. The summed E-state index contributed by atoms with van der Waals surface area (Å²) >= 11 is 3.23. The number of aromatic nitrogens is 1. The highest BCUT2D eigenvalue weighted by Crippen LogP contribution is 2.34. The van der Waals surface area contributed by atoms with E-state index in [0.29, 0.717) is 5.13 Å². The van der Waals surface area contributed by atoms with Crippen molar-refractivity contribution in [1.29, 1.82) is 0 Å². The van der Waals surface area contributed by atoms with Gasteiger partial charge in [-0.3, -0.25) is 0 Å². The van der Waals surface area contributed by atoms with Crippen LogP contribution in [0.1, 0.15) is 5.56 Å². The molecule has 0 aliphatic carbocycles. The summed E-state index contributed by atoms with van der Waals surface area (Å²) in [5, 5.41) is 0.626. The van der Waals surface area contributed by atoms with E-state index in [1.807, 2.05) is 18.3 Å². The fourth-order valence-electron chi connectivity index (χ4n) is 1.10. The molecular formula is C10H10N2S2. The van der Waals surface area contributed by atoms with E-state index in [-0.39, 0.29) is 0 Å². The van der Waals surface area contributed by atoms with E-state index in [1.165, 1.54) is 21.8 Å². The van der Waals surface area contributed by atoms with E-state index < -0.39 is 0 Å². The maximum absolute atomic E-state index is 5.56. The van der Waals surface area contributed by atoms with Gasteiger partial charge < -0.3 is 5.73 Å². The molecule has 2 rings (SSSR count). The lowest BCUT2D eigenvalue weighted by molar-refractivity contribution is 1.30. The van der Waals surface area contributed by atoms with E-state index in [1.54, 1.807) is 11.8 Å². The third kappa shape index (κ3) is 2.08. The molecule has 0 atom stereocenters. The van der Waals surface area contributed by atoms with Gasteiger partial charge >= 0.3 is 0 Å². The molecule has 0 unspecified atom stereocenters. The van der Waals surface area contributed by atoms with Gasteiger partial charge in [0.2, 0.25) is 0 Å². The number of hydrogen-bond acceptors (Lipinski definition) is 4. The van der Waals surface area contributed by atoms with Crippen LogP contribution in [0.2, 0.25) is 0 Å². The number of aryl methyl sites for hydroxylation is 1. The smallest absolute Gasteiger partial charge is 0.181 e. The van der Waals surface area contributed by atoms with Gasteiger partial charge in [-0.1, -0.05) is 41.3 Å². The molecule has 0 bridgehead atoms. The van der Waals surface area contributed by atoms with Crippen LogP contribution in [0.15, 0.2) is 39.6 Å². The van der Waals surface area contributed by atoms with Gasteiger partial charge in [-0.15, -0.1) is 0 Å². The fraction of sp³-hybridized carbons (Fsp3) is 0.100. The number of hydrogen-bond donors (Lipinski definition) is 1. The molecule has 0 spiro atoms. The first-order chi connectivity index (χ1) is 6.75. The minimum atomic E-state index is 0.626. The minimum absolute atomic E-state index is 0.626. The highest BCUT2D eigenvalue weighted by atomic mass is 32.2. The molecule has 1 aromatic carbocycles. The number of anilines is 1. The zero-order chi connectivity index (χ0) is 9.97. The Bertz CT molecular complexity index is 437. The average Bonchev–Trinajstić information content (AvgIpc) is 2.56. The van der Waals surface area contributed by atoms with Crippen molar-refractivity contribution >= 4 is 28.2 Å². The summed E-state index contributed by atoms with van der Waals surface area (Å²) in [6.07, 6.45) is 1.82. The first-order valence-corrected chi connectivity index (χ1v) is 5.84. The number of nitrogens with zero attached hydrogens (tertiary/aromatic N) is 1. The Morgan fingerprint density at radius 2 is 2.14 bits per heavy atom.